The SMILES string of the molecule is COc1cc(C)c(CN(C)C(C)CCN)cc1OC. The van der Waals surface area contributed by atoms with Crippen molar-refractivity contribution in [3.63, 3.8) is 0 Å². The van der Waals surface area contributed by atoms with Crippen LogP contribution in [-0.2, 0) is 6.54 Å². The summed E-state index contributed by atoms with van der Waals surface area (Å²) < 4.78 is 10.7. The summed E-state index contributed by atoms with van der Waals surface area (Å²) >= 11 is 0. The summed E-state index contributed by atoms with van der Waals surface area (Å²) in [5.74, 6) is 1.56. The highest BCUT2D eigenvalue weighted by molar-refractivity contribution is 5.47. The van der Waals surface area contributed by atoms with E-state index in [9.17, 15) is 0 Å². The van der Waals surface area contributed by atoms with E-state index in [0.29, 0.717) is 6.04 Å². The molecule has 0 aromatic heterocycles. The van der Waals surface area contributed by atoms with Crippen LogP contribution in [-0.4, -0.2) is 38.8 Å². The monoisotopic (exact) mass is 266 g/mol. The highest BCUT2D eigenvalue weighted by Crippen LogP contribution is 2.30. The predicted octanol–water partition coefficient (Wildman–Crippen LogP) is 2.18. The Balaban J connectivity index is 2.89. The second-order valence-electron chi connectivity index (χ2n) is 4.98. The summed E-state index contributed by atoms with van der Waals surface area (Å²) in [5, 5.41) is 0. The molecule has 0 fully saturated rings. The predicted molar refractivity (Wildman–Crippen MR) is 78.9 cm³/mol. The standard InChI is InChI=1S/C15H26N2O2/c1-11-8-14(18-4)15(19-5)9-13(11)10-17(3)12(2)6-7-16/h8-9,12H,6-7,10,16H2,1-5H3. The van der Waals surface area contributed by atoms with Crippen molar-refractivity contribution in [3.05, 3.63) is 23.3 Å². The van der Waals surface area contributed by atoms with Crippen molar-refractivity contribution in [1.29, 1.82) is 0 Å². The molecule has 1 unspecified atom stereocenters. The van der Waals surface area contributed by atoms with Crippen molar-refractivity contribution in [1.82, 2.24) is 4.90 Å². The third kappa shape index (κ3) is 4.11. The lowest BCUT2D eigenvalue weighted by Gasteiger charge is -2.25. The fourth-order valence-electron chi connectivity index (χ4n) is 2.08. The number of nitrogens with two attached hydrogens (primary N) is 1. The Morgan fingerprint density at radius 1 is 1.21 bits per heavy atom. The van der Waals surface area contributed by atoms with Crippen LogP contribution in [0.1, 0.15) is 24.5 Å². The summed E-state index contributed by atoms with van der Waals surface area (Å²) in [6.07, 6.45) is 1.00. The van der Waals surface area contributed by atoms with E-state index in [4.69, 9.17) is 15.2 Å². The van der Waals surface area contributed by atoms with Gasteiger partial charge >= 0.3 is 0 Å². The summed E-state index contributed by atoms with van der Waals surface area (Å²) in [4.78, 5) is 2.31. The Bertz CT molecular complexity index is 407. The van der Waals surface area contributed by atoms with Crippen molar-refractivity contribution in [2.75, 3.05) is 27.8 Å². The number of ether oxygens (including phenoxy) is 2. The zero-order chi connectivity index (χ0) is 14.4. The topological polar surface area (TPSA) is 47.7 Å². The van der Waals surface area contributed by atoms with E-state index in [2.05, 4.69) is 31.9 Å². The van der Waals surface area contributed by atoms with Gasteiger partial charge in [-0.2, -0.15) is 0 Å². The summed E-state index contributed by atoms with van der Waals surface area (Å²) in [7, 11) is 5.45. The van der Waals surface area contributed by atoms with Crippen LogP contribution >= 0.6 is 0 Å². The lowest BCUT2D eigenvalue weighted by Crippen LogP contribution is -2.30. The molecule has 1 rings (SSSR count). The van der Waals surface area contributed by atoms with Gasteiger partial charge in [-0.25, -0.2) is 0 Å². The van der Waals surface area contributed by atoms with Gasteiger partial charge in [0.15, 0.2) is 11.5 Å². The van der Waals surface area contributed by atoms with Gasteiger partial charge in [0.1, 0.15) is 0 Å². The second-order valence-corrected chi connectivity index (χ2v) is 4.98. The molecule has 1 aromatic carbocycles. The van der Waals surface area contributed by atoms with Crippen molar-refractivity contribution in [2.24, 2.45) is 5.73 Å². The maximum atomic E-state index is 5.61. The molecular weight excluding hydrogens is 240 g/mol. The number of hydrogen-bond donors (Lipinski definition) is 1. The molecular formula is C15H26N2O2. The van der Waals surface area contributed by atoms with Gasteiger partial charge < -0.3 is 15.2 Å². The van der Waals surface area contributed by atoms with E-state index in [0.717, 1.165) is 31.0 Å². The Labute approximate surface area is 116 Å². The molecule has 1 aromatic rings. The summed E-state index contributed by atoms with van der Waals surface area (Å²) in [5.41, 5.74) is 8.08. The zero-order valence-electron chi connectivity index (χ0n) is 12.7. The van der Waals surface area contributed by atoms with Crippen molar-refractivity contribution >= 4 is 0 Å². The van der Waals surface area contributed by atoms with E-state index >= 15 is 0 Å². The number of hydrogen-bond acceptors (Lipinski definition) is 4. The minimum atomic E-state index is 0.470. The number of nitrogens with zero attached hydrogens (tertiary/aromatic N) is 1. The van der Waals surface area contributed by atoms with E-state index in [1.54, 1.807) is 14.2 Å². The Morgan fingerprint density at radius 3 is 2.32 bits per heavy atom. The molecule has 19 heavy (non-hydrogen) atoms. The van der Waals surface area contributed by atoms with E-state index in [1.807, 2.05) is 6.07 Å². The van der Waals surface area contributed by atoms with Crippen LogP contribution in [0.15, 0.2) is 12.1 Å². The third-order valence-electron chi connectivity index (χ3n) is 3.60. The molecule has 0 aliphatic rings. The fraction of sp³-hybridized carbons (Fsp3) is 0.600. The van der Waals surface area contributed by atoms with Gasteiger partial charge in [-0.3, -0.25) is 4.90 Å². The van der Waals surface area contributed by atoms with Crippen LogP contribution in [0.5, 0.6) is 11.5 Å². The van der Waals surface area contributed by atoms with Gasteiger partial charge in [0.05, 0.1) is 14.2 Å². The Kier molecular flexibility index (Phi) is 6.12. The van der Waals surface area contributed by atoms with Crippen LogP contribution in [0.2, 0.25) is 0 Å². The molecule has 0 bridgehead atoms. The molecule has 0 spiro atoms. The highest BCUT2D eigenvalue weighted by Gasteiger charge is 2.13. The molecule has 108 valence electrons. The molecule has 0 saturated heterocycles. The van der Waals surface area contributed by atoms with Crippen LogP contribution in [0.3, 0.4) is 0 Å². The first-order valence-electron chi connectivity index (χ1n) is 6.65. The van der Waals surface area contributed by atoms with Gasteiger partial charge in [0, 0.05) is 12.6 Å². The maximum absolute atomic E-state index is 5.61. The molecule has 0 saturated carbocycles. The van der Waals surface area contributed by atoms with Gasteiger partial charge in [-0.05, 0) is 57.1 Å². The maximum Gasteiger partial charge on any atom is 0.161 e. The van der Waals surface area contributed by atoms with Crippen molar-refractivity contribution in [2.45, 2.75) is 32.9 Å². The smallest absolute Gasteiger partial charge is 0.161 e. The van der Waals surface area contributed by atoms with Crippen molar-refractivity contribution < 1.29 is 9.47 Å². The minimum Gasteiger partial charge on any atom is -0.493 e. The zero-order valence-corrected chi connectivity index (χ0v) is 12.7. The van der Waals surface area contributed by atoms with Gasteiger partial charge in [-0.1, -0.05) is 0 Å². The lowest BCUT2D eigenvalue weighted by atomic mass is 10.1. The first-order chi connectivity index (χ1) is 9.03. The van der Waals surface area contributed by atoms with Gasteiger partial charge in [0.25, 0.3) is 0 Å². The average Bonchev–Trinajstić information content (AvgIpc) is 2.40. The molecule has 0 aliphatic carbocycles. The molecule has 0 amide bonds. The quantitative estimate of drug-likeness (QED) is 0.822. The normalized spacial score (nSPS) is 12.6. The summed E-state index contributed by atoms with van der Waals surface area (Å²) in [6, 6.07) is 4.55. The van der Waals surface area contributed by atoms with Crippen LogP contribution in [0.4, 0.5) is 0 Å². The largest absolute Gasteiger partial charge is 0.493 e. The molecule has 0 radical (unpaired) electrons. The number of methoxy groups -OCH3 is 2. The lowest BCUT2D eigenvalue weighted by molar-refractivity contribution is 0.239. The van der Waals surface area contributed by atoms with E-state index in [1.165, 1.54) is 11.1 Å². The number of aryl methyl sites for hydroxylation is 1. The Morgan fingerprint density at radius 2 is 1.79 bits per heavy atom. The number of benzene rings is 1. The second kappa shape index (κ2) is 7.36. The Hall–Kier alpha value is -1.26. The number of rotatable bonds is 7. The summed E-state index contributed by atoms with van der Waals surface area (Å²) in [6.45, 7) is 5.89. The van der Waals surface area contributed by atoms with Crippen LogP contribution < -0.4 is 15.2 Å². The molecule has 0 aliphatic heterocycles. The molecule has 4 heteroatoms. The third-order valence-corrected chi connectivity index (χ3v) is 3.60. The minimum absolute atomic E-state index is 0.470. The molecule has 0 heterocycles. The molecule has 2 N–H and O–H groups in total. The van der Waals surface area contributed by atoms with Gasteiger partial charge in [-0.15, -0.1) is 0 Å². The van der Waals surface area contributed by atoms with Crippen LogP contribution in [0, 0.1) is 6.92 Å². The highest BCUT2D eigenvalue weighted by atomic mass is 16.5. The molecule has 1 atom stereocenters. The van der Waals surface area contributed by atoms with Crippen molar-refractivity contribution in [3.8, 4) is 11.5 Å². The van der Waals surface area contributed by atoms with Gasteiger partial charge in [0.2, 0.25) is 0 Å². The first kappa shape index (κ1) is 15.8. The first-order valence-corrected chi connectivity index (χ1v) is 6.65. The van der Waals surface area contributed by atoms with E-state index in [-0.39, 0.29) is 0 Å². The fourth-order valence-corrected chi connectivity index (χ4v) is 2.08. The van der Waals surface area contributed by atoms with Crippen LogP contribution in [0.25, 0.3) is 0 Å². The average molecular weight is 266 g/mol. The van der Waals surface area contributed by atoms with E-state index < -0.39 is 0 Å². The molecule has 4 nitrogen and oxygen atoms in total.